The van der Waals surface area contributed by atoms with E-state index in [2.05, 4.69) is 20.4 Å². The average molecular weight is 482 g/mol. The molecule has 0 aliphatic carbocycles. The number of methoxy groups -OCH3 is 1. The van der Waals surface area contributed by atoms with Crippen LogP contribution in [-0.4, -0.2) is 41.2 Å². The van der Waals surface area contributed by atoms with Crippen molar-refractivity contribution in [3.63, 3.8) is 0 Å². The van der Waals surface area contributed by atoms with Crippen LogP contribution in [0.1, 0.15) is 12.8 Å². The maximum atomic E-state index is 13.4. The molecule has 0 radical (unpaired) electrons. The first kappa shape index (κ1) is 22.1. The fraction of sp³-hybridized carbons (Fsp3) is 0.250. The molecule has 1 aliphatic rings. The van der Waals surface area contributed by atoms with Crippen molar-refractivity contribution in [2.45, 2.75) is 12.8 Å². The van der Waals surface area contributed by atoms with E-state index in [0.717, 1.165) is 19.4 Å². The molecule has 10 heteroatoms. The first-order valence-corrected chi connectivity index (χ1v) is 11.2. The van der Waals surface area contributed by atoms with Gasteiger partial charge in [-0.25, -0.2) is 9.37 Å². The van der Waals surface area contributed by atoms with E-state index in [9.17, 15) is 9.18 Å². The molecular weight excluding hydrogens is 461 g/mol. The molecule has 4 aromatic rings. The van der Waals surface area contributed by atoms with Crippen LogP contribution in [0.25, 0.3) is 22.4 Å². The summed E-state index contributed by atoms with van der Waals surface area (Å²) in [5, 5.41) is 8.16. The Kier molecular flexibility index (Phi) is 6.02. The summed E-state index contributed by atoms with van der Waals surface area (Å²) >= 11 is 6.19. The summed E-state index contributed by atoms with van der Waals surface area (Å²) in [7, 11) is 1.54. The minimum Gasteiger partial charge on any atom is -0.495 e. The number of benzene rings is 2. The second kappa shape index (κ2) is 9.26. The summed E-state index contributed by atoms with van der Waals surface area (Å²) in [6.45, 7) is 1.19. The van der Waals surface area contributed by atoms with Crippen molar-refractivity contribution in [3.05, 3.63) is 59.6 Å². The third-order valence-corrected chi connectivity index (χ3v) is 6.18. The molecule has 34 heavy (non-hydrogen) atoms. The average Bonchev–Trinajstić information content (AvgIpc) is 3.29. The molecule has 0 bridgehead atoms. The Balaban J connectivity index is 1.40. The summed E-state index contributed by atoms with van der Waals surface area (Å²) in [6.07, 6.45) is 2.97. The van der Waals surface area contributed by atoms with Crippen molar-refractivity contribution in [2.75, 3.05) is 30.4 Å². The van der Waals surface area contributed by atoms with Crippen LogP contribution in [0.15, 0.2) is 53.3 Å². The number of halogens is 2. The summed E-state index contributed by atoms with van der Waals surface area (Å²) in [6, 6.07) is 11.1. The zero-order valence-electron chi connectivity index (χ0n) is 18.3. The molecule has 1 fully saturated rings. The summed E-state index contributed by atoms with van der Waals surface area (Å²) in [5.74, 6) is 0.489. The monoisotopic (exact) mass is 481 g/mol. The van der Waals surface area contributed by atoms with Crippen LogP contribution in [0.4, 0.5) is 15.9 Å². The lowest BCUT2D eigenvalue weighted by Crippen LogP contribution is -2.41. The van der Waals surface area contributed by atoms with Gasteiger partial charge in [0.25, 0.3) is 5.71 Å². The van der Waals surface area contributed by atoms with E-state index < -0.39 is 0 Å². The second-order valence-corrected chi connectivity index (χ2v) is 8.45. The molecule has 1 atom stereocenters. The standard InChI is InChI=1S/C24H21ClFN5O3/c1-33-19-9-8-17(11-18(19)25)29-23(32)15-3-2-10-31(12-15)22-20-21(14-4-6-16(26)7-5-14)30-34-24(20)28-13-27-22/h4-9,11,13,15H,2-3,10,12H2,1H3,(H,29,32). The van der Waals surface area contributed by atoms with Crippen molar-refractivity contribution < 1.29 is 18.4 Å². The van der Waals surface area contributed by atoms with Crippen LogP contribution >= 0.6 is 11.6 Å². The third kappa shape index (κ3) is 4.26. The number of carbonyl (C=O) groups excluding carboxylic acids is 1. The molecule has 5 rings (SSSR count). The van der Waals surface area contributed by atoms with Crippen LogP contribution in [0.5, 0.6) is 5.75 Å². The van der Waals surface area contributed by atoms with Crippen molar-refractivity contribution in [1.82, 2.24) is 15.1 Å². The Labute approximate surface area is 199 Å². The highest BCUT2D eigenvalue weighted by molar-refractivity contribution is 6.32. The number of anilines is 2. The molecule has 1 unspecified atom stereocenters. The van der Waals surface area contributed by atoms with Gasteiger partial charge in [0.15, 0.2) is 0 Å². The molecule has 2 aromatic carbocycles. The highest BCUT2D eigenvalue weighted by atomic mass is 35.5. The Morgan fingerprint density at radius 2 is 2.06 bits per heavy atom. The quantitative estimate of drug-likeness (QED) is 0.431. The molecule has 3 heterocycles. The number of amides is 1. The SMILES string of the molecule is COc1ccc(NC(=O)C2CCCN(c3ncnc4onc(-c5ccc(F)cc5)c34)C2)cc1Cl. The Morgan fingerprint density at radius 3 is 2.82 bits per heavy atom. The van der Waals surface area contributed by atoms with E-state index >= 15 is 0 Å². The van der Waals surface area contributed by atoms with E-state index in [1.807, 2.05) is 4.90 Å². The van der Waals surface area contributed by atoms with Gasteiger partial charge in [0.1, 0.15) is 34.8 Å². The molecule has 0 saturated carbocycles. The van der Waals surface area contributed by atoms with Gasteiger partial charge in [-0.2, -0.15) is 4.98 Å². The van der Waals surface area contributed by atoms with Gasteiger partial charge in [0, 0.05) is 24.3 Å². The number of nitrogens with zero attached hydrogens (tertiary/aromatic N) is 4. The largest absolute Gasteiger partial charge is 0.495 e. The maximum absolute atomic E-state index is 13.4. The molecule has 8 nitrogen and oxygen atoms in total. The highest BCUT2D eigenvalue weighted by Gasteiger charge is 2.29. The third-order valence-electron chi connectivity index (χ3n) is 5.88. The zero-order valence-corrected chi connectivity index (χ0v) is 19.1. The normalized spacial score (nSPS) is 16.0. The number of rotatable bonds is 5. The summed E-state index contributed by atoms with van der Waals surface area (Å²) in [5.41, 5.74) is 2.17. The molecule has 1 amide bonds. The van der Waals surface area contributed by atoms with E-state index in [4.69, 9.17) is 20.9 Å². The maximum Gasteiger partial charge on any atom is 0.263 e. The van der Waals surface area contributed by atoms with E-state index in [1.165, 1.54) is 25.6 Å². The molecule has 1 aliphatic heterocycles. The van der Waals surface area contributed by atoms with Gasteiger partial charge in [-0.15, -0.1) is 0 Å². The summed E-state index contributed by atoms with van der Waals surface area (Å²) in [4.78, 5) is 23.8. The second-order valence-electron chi connectivity index (χ2n) is 8.04. The number of carbonyl (C=O) groups is 1. The molecule has 2 aromatic heterocycles. The van der Waals surface area contributed by atoms with Crippen LogP contribution in [0, 0.1) is 11.7 Å². The van der Waals surface area contributed by atoms with E-state index in [0.29, 0.717) is 51.2 Å². The van der Waals surface area contributed by atoms with Gasteiger partial charge in [-0.1, -0.05) is 16.8 Å². The first-order chi connectivity index (χ1) is 16.5. The molecule has 0 spiro atoms. The molecule has 1 saturated heterocycles. The lowest BCUT2D eigenvalue weighted by atomic mass is 9.96. The fourth-order valence-corrected chi connectivity index (χ4v) is 4.45. The van der Waals surface area contributed by atoms with Gasteiger partial charge >= 0.3 is 0 Å². The van der Waals surface area contributed by atoms with Crippen LogP contribution in [0.2, 0.25) is 5.02 Å². The first-order valence-electron chi connectivity index (χ1n) is 10.8. The smallest absolute Gasteiger partial charge is 0.263 e. The topological polar surface area (TPSA) is 93.4 Å². The van der Waals surface area contributed by atoms with Crippen molar-refractivity contribution in [1.29, 1.82) is 0 Å². The lowest BCUT2D eigenvalue weighted by Gasteiger charge is -2.33. The lowest BCUT2D eigenvalue weighted by molar-refractivity contribution is -0.120. The van der Waals surface area contributed by atoms with Crippen LogP contribution < -0.4 is 15.0 Å². The van der Waals surface area contributed by atoms with Gasteiger partial charge in [-0.3, -0.25) is 4.79 Å². The van der Waals surface area contributed by atoms with Crippen molar-refractivity contribution in [3.8, 4) is 17.0 Å². The number of hydrogen-bond donors (Lipinski definition) is 1. The minimum atomic E-state index is -0.337. The highest BCUT2D eigenvalue weighted by Crippen LogP contribution is 2.35. The number of nitrogens with one attached hydrogen (secondary N) is 1. The number of piperidine rings is 1. The Morgan fingerprint density at radius 1 is 1.24 bits per heavy atom. The summed E-state index contributed by atoms with van der Waals surface area (Å²) < 4.78 is 24.0. The zero-order chi connectivity index (χ0) is 23.7. The van der Waals surface area contributed by atoms with Gasteiger partial charge in [0.05, 0.1) is 18.1 Å². The van der Waals surface area contributed by atoms with Crippen LogP contribution in [0.3, 0.4) is 0 Å². The molecule has 1 N–H and O–H groups in total. The molecule has 174 valence electrons. The van der Waals surface area contributed by atoms with Crippen molar-refractivity contribution >= 4 is 40.1 Å². The number of aromatic nitrogens is 3. The van der Waals surface area contributed by atoms with E-state index in [1.54, 1.807) is 30.3 Å². The van der Waals surface area contributed by atoms with Crippen molar-refractivity contribution in [2.24, 2.45) is 5.92 Å². The minimum absolute atomic E-state index is 0.0969. The Bertz CT molecular complexity index is 1340. The number of ether oxygens (including phenoxy) is 1. The number of hydrogen-bond acceptors (Lipinski definition) is 7. The van der Waals surface area contributed by atoms with Gasteiger partial charge in [0.2, 0.25) is 5.91 Å². The predicted octanol–water partition coefficient (Wildman–Crippen LogP) is 4.94. The Hall–Kier alpha value is -3.72. The van der Waals surface area contributed by atoms with Gasteiger partial charge < -0.3 is 19.5 Å². The fourth-order valence-electron chi connectivity index (χ4n) is 4.19. The van der Waals surface area contributed by atoms with Crippen LogP contribution in [-0.2, 0) is 4.79 Å². The molecular formula is C24H21ClFN5O3. The van der Waals surface area contributed by atoms with E-state index in [-0.39, 0.29) is 17.6 Å². The number of fused-ring (bicyclic) bond motifs is 1. The predicted molar refractivity (Wildman–Crippen MR) is 127 cm³/mol. The van der Waals surface area contributed by atoms with Gasteiger partial charge in [-0.05, 0) is 55.3 Å².